The summed E-state index contributed by atoms with van der Waals surface area (Å²) in [5.41, 5.74) is 2.40. The Morgan fingerprint density at radius 2 is 1.58 bits per heavy atom. The molecule has 0 aromatic heterocycles. The molecule has 0 amide bonds. The Hall–Kier alpha value is -0.820. The second-order valence-electron chi connectivity index (χ2n) is 7.29. The Balaban J connectivity index is 1.94. The van der Waals surface area contributed by atoms with E-state index in [4.69, 9.17) is 0 Å². The number of hydrogen-bond donors (Lipinski definition) is 0. The van der Waals surface area contributed by atoms with Crippen LogP contribution in [-0.2, 0) is 5.54 Å². The minimum absolute atomic E-state index is 0.341. The third kappa shape index (κ3) is 2.45. The quantitative estimate of drug-likeness (QED) is 0.749. The molecular weight excluding hydrogens is 230 g/mol. The molecule has 0 atom stereocenters. The van der Waals surface area contributed by atoms with Gasteiger partial charge in [0.15, 0.2) is 0 Å². The predicted octanol–water partition coefficient (Wildman–Crippen LogP) is 4.58. The zero-order chi connectivity index (χ0) is 13.3. The first-order valence-corrected chi connectivity index (χ1v) is 7.93. The van der Waals surface area contributed by atoms with Crippen molar-refractivity contribution in [1.82, 2.24) is 4.90 Å². The first kappa shape index (κ1) is 13.2. The number of likely N-dealkylation sites (tertiary alicyclic amines) is 1. The SMILES string of the molecule is CC1(C)CCN(C2(c3ccccc3)CCCCC2)C1. The summed E-state index contributed by atoms with van der Waals surface area (Å²) in [4.78, 5) is 2.81. The van der Waals surface area contributed by atoms with E-state index in [1.807, 2.05) is 0 Å². The Morgan fingerprint density at radius 1 is 0.895 bits per heavy atom. The molecule has 1 heterocycles. The van der Waals surface area contributed by atoms with Crippen molar-refractivity contribution in [3.8, 4) is 0 Å². The van der Waals surface area contributed by atoms with Gasteiger partial charge in [-0.25, -0.2) is 0 Å². The Bertz CT molecular complexity index is 415. The minimum Gasteiger partial charge on any atom is -0.293 e. The lowest BCUT2D eigenvalue weighted by Gasteiger charge is -2.46. The van der Waals surface area contributed by atoms with Crippen molar-refractivity contribution in [2.45, 2.75) is 57.9 Å². The number of benzene rings is 1. The molecule has 1 aromatic rings. The molecule has 0 radical (unpaired) electrons. The fourth-order valence-electron chi connectivity index (χ4n) is 4.15. The molecule has 1 aliphatic heterocycles. The maximum atomic E-state index is 2.81. The maximum Gasteiger partial charge on any atom is 0.0460 e. The molecule has 3 rings (SSSR count). The fourth-order valence-corrected chi connectivity index (χ4v) is 4.15. The van der Waals surface area contributed by atoms with E-state index in [1.165, 1.54) is 51.6 Å². The van der Waals surface area contributed by atoms with E-state index in [-0.39, 0.29) is 0 Å². The number of nitrogens with zero attached hydrogens (tertiary/aromatic N) is 1. The minimum atomic E-state index is 0.341. The summed E-state index contributed by atoms with van der Waals surface area (Å²) in [6, 6.07) is 11.3. The molecule has 1 aliphatic carbocycles. The summed E-state index contributed by atoms with van der Waals surface area (Å²) in [5, 5.41) is 0. The van der Waals surface area contributed by atoms with Gasteiger partial charge in [0, 0.05) is 12.1 Å². The zero-order valence-electron chi connectivity index (χ0n) is 12.5. The normalized spacial score (nSPS) is 26.4. The Kier molecular flexibility index (Phi) is 3.42. The van der Waals surface area contributed by atoms with E-state index >= 15 is 0 Å². The summed E-state index contributed by atoms with van der Waals surface area (Å²) in [5.74, 6) is 0. The zero-order valence-corrected chi connectivity index (χ0v) is 12.5. The van der Waals surface area contributed by atoms with Crippen LogP contribution < -0.4 is 0 Å². The van der Waals surface area contributed by atoms with Crippen molar-refractivity contribution in [3.63, 3.8) is 0 Å². The van der Waals surface area contributed by atoms with E-state index in [0.717, 1.165) is 0 Å². The van der Waals surface area contributed by atoms with Gasteiger partial charge in [0.25, 0.3) is 0 Å². The van der Waals surface area contributed by atoms with Crippen molar-refractivity contribution in [2.75, 3.05) is 13.1 Å². The fraction of sp³-hybridized carbons (Fsp3) is 0.667. The van der Waals surface area contributed by atoms with Gasteiger partial charge in [0.1, 0.15) is 0 Å². The van der Waals surface area contributed by atoms with Gasteiger partial charge in [0.2, 0.25) is 0 Å². The van der Waals surface area contributed by atoms with Gasteiger partial charge in [0.05, 0.1) is 0 Å². The van der Waals surface area contributed by atoms with Crippen LogP contribution in [0.2, 0.25) is 0 Å². The molecule has 1 nitrogen and oxygen atoms in total. The molecule has 0 N–H and O–H groups in total. The lowest BCUT2D eigenvalue weighted by atomic mass is 9.75. The van der Waals surface area contributed by atoms with Gasteiger partial charge in [-0.15, -0.1) is 0 Å². The molecule has 0 bridgehead atoms. The Labute approximate surface area is 118 Å². The van der Waals surface area contributed by atoms with Gasteiger partial charge in [-0.2, -0.15) is 0 Å². The van der Waals surface area contributed by atoms with E-state index in [1.54, 1.807) is 5.56 Å². The third-order valence-electron chi connectivity index (χ3n) is 5.27. The topological polar surface area (TPSA) is 3.24 Å². The molecular formula is C18H27N. The first-order valence-electron chi connectivity index (χ1n) is 7.93. The van der Waals surface area contributed by atoms with E-state index in [0.29, 0.717) is 11.0 Å². The van der Waals surface area contributed by atoms with Crippen LogP contribution in [0.1, 0.15) is 57.9 Å². The van der Waals surface area contributed by atoms with Gasteiger partial charge < -0.3 is 0 Å². The molecule has 19 heavy (non-hydrogen) atoms. The summed E-state index contributed by atoms with van der Waals surface area (Å²) < 4.78 is 0. The van der Waals surface area contributed by atoms with Crippen LogP contribution in [0.25, 0.3) is 0 Å². The highest BCUT2D eigenvalue weighted by molar-refractivity contribution is 5.26. The lowest BCUT2D eigenvalue weighted by molar-refractivity contribution is 0.0611. The summed E-state index contributed by atoms with van der Waals surface area (Å²) in [6.45, 7) is 7.40. The monoisotopic (exact) mass is 257 g/mol. The average Bonchev–Trinajstić information content (AvgIpc) is 2.81. The summed E-state index contributed by atoms with van der Waals surface area (Å²) in [6.07, 6.45) is 8.27. The highest BCUT2D eigenvalue weighted by Crippen LogP contribution is 2.46. The highest BCUT2D eigenvalue weighted by Gasteiger charge is 2.44. The smallest absolute Gasteiger partial charge is 0.0460 e. The van der Waals surface area contributed by atoms with Crippen LogP contribution in [0.5, 0.6) is 0 Å². The van der Waals surface area contributed by atoms with E-state index in [9.17, 15) is 0 Å². The predicted molar refractivity (Wildman–Crippen MR) is 81.2 cm³/mol. The molecule has 104 valence electrons. The summed E-state index contributed by atoms with van der Waals surface area (Å²) in [7, 11) is 0. The van der Waals surface area contributed by atoms with Crippen LogP contribution in [0.4, 0.5) is 0 Å². The van der Waals surface area contributed by atoms with Crippen molar-refractivity contribution in [3.05, 3.63) is 35.9 Å². The van der Waals surface area contributed by atoms with Crippen molar-refractivity contribution < 1.29 is 0 Å². The second kappa shape index (κ2) is 4.94. The van der Waals surface area contributed by atoms with Crippen LogP contribution in [0, 0.1) is 5.41 Å². The van der Waals surface area contributed by atoms with E-state index < -0.39 is 0 Å². The van der Waals surface area contributed by atoms with Crippen LogP contribution in [-0.4, -0.2) is 18.0 Å². The van der Waals surface area contributed by atoms with Gasteiger partial charge >= 0.3 is 0 Å². The van der Waals surface area contributed by atoms with Gasteiger partial charge in [-0.05, 0) is 36.8 Å². The van der Waals surface area contributed by atoms with Crippen LogP contribution in [0.3, 0.4) is 0 Å². The molecule has 1 aromatic carbocycles. The largest absolute Gasteiger partial charge is 0.293 e. The third-order valence-corrected chi connectivity index (χ3v) is 5.27. The molecule has 2 fully saturated rings. The van der Waals surface area contributed by atoms with Crippen LogP contribution >= 0.6 is 0 Å². The van der Waals surface area contributed by atoms with Gasteiger partial charge in [-0.3, -0.25) is 4.90 Å². The first-order chi connectivity index (χ1) is 9.12. The van der Waals surface area contributed by atoms with E-state index in [2.05, 4.69) is 49.1 Å². The van der Waals surface area contributed by atoms with Crippen molar-refractivity contribution >= 4 is 0 Å². The average molecular weight is 257 g/mol. The second-order valence-corrected chi connectivity index (χ2v) is 7.29. The van der Waals surface area contributed by atoms with Gasteiger partial charge in [-0.1, -0.05) is 63.4 Å². The molecule has 1 saturated carbocycles. The van der Waals surface area contributed by atoms with Crippen molar-refractivity contribution in [2.24, 2.45) is 5.41 Å². The highest BCUT2D eigenvalue weighted by atomic mass is 15.2. The van der Waals surface area contributed by atoms with Crippen molar-refractivity contribution in [1.29, 1.82) is 0 Å². The molecule has 1 saturated heterocycles. The molecule has 0 spiro atoms. The molecule has 2 aliphatic rings. The lowest BCUT2D eigenvalue weighted by Crippen LogP contribution is -2.46. The Morgan fingerprint density at radius 3 is 2.16 bits per heavy atom. The number of rotatable bonds is 2. The van der Waals surface area contributed by atoms with Crippen LogP contribution in [0.15, 0.2) is 30.3 Å². The summed E-state index contributed by atoms with van der Waals surface area (Å²) >= 11 is 0. The molecule has 1 heteroatoms. The standard InChI is InChI=1S/C18H27N/c1-17(2)13-14-19(15-17)18(11-7-4-8-12-18)16-9-5-3-6-10-16/h3,5-6,9-10H,4,7-8,11-15H2,1-2H3. The molecule has 0 unspecified atom stereocenters. The maximum absolute atomic E-state index is 2.81. The number of hydrogen-bond acceptors (Lipinski definition) is 1.